The van der Waals surface area contributed by atoms with E-state index in [1.165, 1.54) is 16.4 Å². The van der Waals surface area contributed by atoms with Gasteiger partial charge in [0, 0.05) is 56.7 Å². The predicted octanol–water partition coefficient (Wildman–Crippen LogP) is 1.99. The molecule has 2 aromatic rings. The van der Waals surface area contributed by atoms with Crippen molar-refractivity contribution in [2.45, 2.75) is 56.1 Å². The molecule has 4 N–H and O–H groups in total. The van der Waals surface area contributed by atoms with Crippen molar-refractivity contribution in [3.63, 3.8) is 0 Å². The number of hydrogen-bond acceptors (Lipinski definition) is 10. The van der Waals surface area contributed by atoms with Gasteiger partial charge in [0.05, 0.1) is 41.7 Å². The first-order chi connectivity index (χ1) is 23.1. The minimum absolute atomic E-state index is 0.0124. The minimum atomic E-state index is -4.14. The average molecular weight is 684 g/mol. The van der Waals surface area contributed by atoms with Gasteiger partial charge in [0.25, 0.3) is 5.91 Å². The Kier molecular flexibility index (Phi) is 10.7. The molecular weight excluding hydrogens is 638 g/mol. The minimum Gasteiger partial charge on any atom is -0.443 e. The molecule has 4 heterocycles. The monoisotopic (exact) mass is 683 g/mol. The maximum atomic E-state index is 14.3. The Morgan fingerprint density at radius 1 is 1.15 bits per heavy atom. The predicted molar refractivity (Wildman–Crippen MR) is 178 cm³/mol. The second-order valence-electron chi connectivity index (χ2n) is 13.2. The van der Waals surface area contributed by atoms with Crippen molar-refractivity contribution in [3.8, 4) is 0 Å². The first-order valence-electron chi connectivity index (χ1n) is 16.6. The third kappa shape index (κ3) is 7.85. The molecule has 0 aromatic heterocycles. The normalized spacial score (nSPS) is 24.4. The van der Waals surface area contributed by atoms with Crippen molar-refractivity contribution in [2.75, 3.05) is 57.8 Å². The van der Waals surface area contributed by atoms with E-state index in [9.17, 15) is 23.1 Å². The second kappa shape index (κ2) is 14.9. The van der Waals surface area contributed by atoms with Crippen molar-refractivity contribution >= 4 is 33.3 Å². The highest BCUT2D eigenvalue weighted by Gasteiger charge is 2.44. The van der Waals surface area contributed by atoms with Gasteiger partial charge in [0.15, 0.2) is 6.29 Å². The van der Waals surface area contributed by atoms with Gasteiger partial charge in [-0.15, -0.1) is 0 Å². The molecular formula is C34H45N5O8S. The van der Waals surface area contributed by atoms with Crippen LogP contribution >= 0.6 is 0 Å². The van der Waals surface area contributed by atoms with Crippen molar-refractivity contribution in [2.24, 2.45) is 11.8 Å². The van der Waals surface area contributed by atoms with Crippen molar-refractivity contribution in [1.29, 1.82) is 0 Å². The number of aliphatic hydroxyl groups is 1. The lowest BCUT2D eigenvalue weighted by molar-refractivity contribution is -0.110. The lowest BCUT2D eigenvalue weighted by atomic mass is 10.0. The van der Waals surface area contributed by atoms with Crippen LogP contribution in [0.1, 0.15) is 31.4 Å². The van der Waals surface area contributed by atoms with Crippen LogP contribution in [0.25, 0.3) is 5.57 Å². The zero-order valence-electron chi connectivity index (χ0n) is 27.3. The third-order valence-electron chi connectivity index (χ3n) is 9.14. The lowest BCUT2D eigenvalue weighted by Gasteiger charge is -2.31. The standard InChI is InChI=1S/C34H45N5O8S/c1-22(2)18-39(48(43,44)24-8-9-28-26(17-24)27(32(41)36-28)19-38-13-11-35-12-14-38)20-30(40)29(16-23-6-4-3-5-7-23)37-34(42)47-31-21-46-33-25(31)10-15-45-33/h3-9,17,19,22,25,29-31,33,35,40H,10-16,18,20-21H2,1-2H3,(H,36,41)(H,37,42)/b27-19-. The summed E-state index contributed by atoms with van der Waals surface area (Å²) < 4.78 is 46.6. The number of alkyl carbamates (subject to hydrolysis) is 1. The van der Waals surface area contributed by atoms with E-state index >= 15 is 0 Å². The number of carbonyl (C=O) groups excluding carboxylic acids is 2. The molecule has 2 aromatic carbocycles. The molecule has 260 valence electrons. The molecule has 0 spiro atoms. The quantitative estimate of drug-likeness (QED) is 0.244. The largest absolute Gasteiger partial charge is 0.443 e. The number of nitrogens with one attached hydrogen (secondary N) is 3. The van der Waals surface area contributed by atoms with Crippen LogP contribution in [0, 0.1) is 11.8 Å². The Bertz CT molecular complexity index is 1600. The number of aliphatic hydroxyl groups excluding tert-OH is 1. The van der Waals surface area contributed by atoms with Crippen LogP contribution in [-0.4, -0.2) is 112 Å². The van der Waals surface area contributed by atoms with Crippen LogP contribution in [0.4, 0.5) is 10.5 Å². The van der Waals surface area contributed by atoms with E-state index in [0.717, 1.165) is 38.2 Å². The molecule has 4 aliphatic rings. The topological polar surface area (TPSA) is 159 Å². The molecule has 0 bridgehead atoms. The van der Waals surface area contributed by atoms with E-state index in [1.807, 2.05) is 49.1 Å². The van der Waals surface area contributed by atoms with Crippen LogP contribution in [0.5, 0.6) is 0 Å². The smallest absolute Gasteiger partial charge is 0.407 e. The summed E-state index contributed by atoms with van der Waals surface area (Å²) in [5, 5.41) is 20.6. The Hall–Kier alpha value is -3.53. The number of hydrogen-bond donors (Lipinski definition) is 4. The molecule has 14 heteroatoms. The first kappa shape index (κ1) is 34.3. The highest BCUT2D eigenvalue weighted by Crippen LogP contribution is 2.35. The molecule has 6 rings (SSSR count). The van der Waals surface area contributed by atoms with Crippen molar-refractivity contribution in [1.82, 2.24) is 19.8 Å². The molecule has 48 heavy (non-hydrogen) atoms. The Labute approximate surface area is 281 Å². The van der Waals surface area contributed by atoms with Crippen molar-refractivity contribution < 1.29 is 37.3 Å². The van der Waals surface area contributed by atoms with Crippen LogP contribution in [-0.2, 0) is 35.4 Å². The molecule has 2 amide bonds. The Morgan fingerprint density at radius 3 is 2.67 bits per heavy atom. The Balaban J connectivity index is 1.22. The summed E-state index contributed by atoms with van der Waals surface area (Å²) in [7, 11) is -4.14. The number of carbonyl (C=O) groups is 2. The number of nitrogens with zero attached hydrogens (tertiary/aromatic N) is 2. The van der Waals surface area contributed by atoms with Crippen LogP contribution < -0.4 is 16.0 Å². The maximum absolute atomic E-state index is 14.3. The first-order valence-corrected chi connectivity index (χ1v) is 18.1. The summed E-state index contributed by atoms with van der Waals surface area (Å²) in [6, 6.07) is 13.1. The molecule has 0 saturated carbocycles. The zero-order chi connectivity index (χ0) is 33.8. The van der Waals surface area contributed by atoms with E-state index in [-0.39, 0.29) is 55.0 Å². The van der Waals surface area contributed by atoms with Gasteiger partial charge in [-0.25, -0.2) is 13.2 Å². The number of piperazine rings is 1. The molecule has 3 fully saturated rings. The average Bonchev–Trinajstić information content (AvgIpc) is 3.77. The van der Waals surface area contributed by atoms with Crippen LogP contribution in [0.2, 0.25) is 0 Å². The molecule has 0 aliphatic carbocycles. The number of anilines is 1. The zero-order valence-corrected chi connectivity index (χ0v) is 28.2. The van der Waals surface area contributed by atoms with Gasteiger partial charge >= 0.3 is 6.09 Å². The van der Waals surface area contributed by atoms with E-state index in [2.05, 4.69) is 16.0 Å². The van der Waals surface area contributed by atoms with Gasteiger partial charge in [-0.2, -0.15) is 4.31 Å². The summed E-state index contributed by atoms with van der Waals surface area (Å²) in [5.74, 6) is -0.401. The van der Waals surface area contributed by atoms with E-state index in [0.29, 0.717) is 23.4 Å². The summed E-state index contributed by atoms with van der Waals surface area (Å²) in [4.78, 5) is 28.1. The number of rotatable bonds is 12. The molecule has 4 aliphatic heterocycles. The van der Waals surface area contributed by atoms with Gasteiger partial charge < -0.3 is 40.2 Å². The molecule has 5 unspecified atom stereocenters. The van der Waals surface area contributed by atoms with E-state index in [4.69, 9.17) is 14.2 Å². The molecule has 13 nitrogen and oxygen atoms in total. The molecule has 3 saturated heterocycles. The fraction of sp³-hybridized carbons (Fsp3) is 0.529. The summed E-state index contributed by atoms with van der Waals surface area (Å²) in [6.07, 6.45) is -0.0915. The van der Waals surface area contributed by atoms with Gasteiger partial charge in [0.2, 0.25) is 10.0 Å². The molecule has 0 radical (unpaired) electrons. The number of fused-ring (bicyclic) bond motifs is 2. The maximum Gasteiger partial charge on any atom is 0.407 e. The molecule has 5 atom stereocenters. The van der Waals surface area contributed by atoms with Gasteiger partial charge in [-0.1, -0.05) is 44.2 Å². The third-order valence-corrected chi connectivity index (χ3v) is 11.0. The van der Waals surface area contributed by atoms with Gasteiger partial charge in [0.1, 0.15) is 6.10 Å². The summed E-state index contributed by atoms with van der Waals surface area (Å²) in [6.45, 7) is 7.47. The highest BCUT2D eigenvalue weighted by molar-refractivity contribution is 7.89. The van der Waals surface area contributed by atoms with Crippen LogP contribution in [0.15, 0.2) is 59.6 Å². The van der Waals surface area contributed by atoms with Crippen LogP contribution in [0.3, 0.4) is 0 Å². The van der Waals surface area contributed by atoms with Gasteiger partial charge in [-0.05, 0) is 42.5 Å². The lowest BCUT2D eigenvalue weighted by Crippen LogP contribution is -2.51. The Morgan fingerprint density at radius 2 is 1.92 bits per heavy atom. The summed E-state index contributed by atoms with van der Waals surface area (Å²) in [5.41, 5.74) is 2.33. The number of amides is 2. The number of benzene rings is 2. The second-order valence-corrected chi connectivity index (χ2v) is 15.1. The fourth-order valence-corrected chi connectivity index (χ4v) is 8.28. The SMILES string of the molecule is CC(C)CN(CC(O)C(Cc1ccccc1)NC(=O)OC1COC2OCCC12)S(=O)(=O)c1ccc2c(c1)/C(=C/N1CCNCC1)C(=O)N2. The van der Waals surface area contributed by atoms with E-state index < -0.39 is 34.4 Å². The van der Waals surface area contributed by atoms with E-state index in [1.54, 1.807) is 12.3 Å². The van der Waals surface area contributed by atoms with Crippen molar-refractivity contribution in [3.05, 3.63) is 65.9 Å². The number of ether oxygens (including phenoxy) is 3. The number of sulfonamides is 1. The van der Waals surface area contributed by atoms with Gasteiger partial charge in [-0.3, -0.25) is 4.79 Å². The highest BCUT2D eigenvalue weighted by atomic mass is 32.2. The fourth-order valence-electron chi connectivity index (χ4n) is 6.63. The summed E-state index contributed by atoms with van der Waals surface area (Å²) >= 11 is 0.